The van der Waals surface area contributed by atoms with Gasteiger partial charge in [0.15, 0.2) is 12.4 Å². The van der Waals surface area contributed by atoms with Gasteiger partial charge in [-0.15, -0.1) is 0 Å². The van der Waals surface area contributed by atoms with E-state index in [0.29, 0.717) is 5.92 Å². The fourth-order valence-electron chi connectivity index (χ4n) is 2.06. The highest BCUT2D eigenvalue weighted by Crippen LogP contribution is 2.22. The molecule has 14 heavy (non-hydrogen) atoms. The summed E-state index contributed by atoms with van der Waals surface area (Å²) in [4.78, 5) is 1.37. The van der Waals surface area contributed by atoms with Crippen LogP contribution in [0.4, 0.5) is 0 Å². The molecule has 0 radical (unpaired) electrons. The molecule has 0 unspecified atom stereocenters. The molecule has 1 aromatic heterocycles. The predicted octanol–water partition coefficient (Wildman–Crippen LogP) is -0.126. The topological polar surface area (TPSA) is 31.4 Å². The first kappa shape index (κ1) is 9.46. The molecule has 2 rings (SSSR count). The smallest absolute Gasteiger partial charge is 0.180 e. The lowest BCUT2D eigenvalue weighted by Gasteiger charge is -2.30. The van der Waals surface area contributed by atoms with E-state index in [0.717, 1.165) is 17.8 Å². The van der Waals surface area contributed by atoms with Crippen LogP contribution in [0.5, 0.6) is 0 Å². The van der Waals surface area contributed by atoms with Gasteiger partial charge >= 0.3 is 0 Å². The standard InChI is InChI=1S/C11H16N2O/c1-12-6-2-10(3-7-12)11-4-8-13(14)9-5-11/h4-5,8-10,12H,1-3,6-7H2. The second-order valence-electron chi connectivity index (χ2n) is 4.02. The molecule has 1 fully saturated rings. The summed E-state index contributed by atoms with van der Waals surface area (Å²) in [6.45, 7) is 2.27. The van der Waals surface area contributed by atoms with Crippen molar-refractivity contribution in [1.29, 1.82) is 0 Å². The first-order chi connectivity index (χ1) is 6.75. The van der Waals surface area contributed by atoms with Crippen LogP contribution < -0.4 is 9.63 Å². The van der Waals surface area contributed by atoms with Crippen molar-refractivity contribution in [1.82, 2.24) is 0 Å². The zero-order valence-electron chi connectivity index (χ0n) is 8.28. The molecule has 1 aromatic rings. The summed E-state index contributed by atoms with van der Waals surface area (Å²) in [5, 5.41) is 10.9. The third-order valence-corrected chi connectivity index (χ3v) is 2.99. The van der Waals surface area contributed by atoms with Crippen LogP contribution in [0.3, 0.4) is 0 Å². The Hall–Kier alpha value is -1.09. The van der Waals surface area contributed by atoms with E-state index in [2.05, 4.69) is 7.05 Å². The minimum Gasteiger partial charge on any atom is -0.619 e. The quantitative estimate of drug-likeness (QED) is 0.375. The SMILES string of the molecule is [CH2-][NH+]1CCC(c2cc[n+]([O-])cc2)CC1. The molecule has 0 saturated carbocycles. The third-order valence-electron chi connectivity index (χ3n) is 2.99. The first-order valence-corrected chi connectivity index (χ1v) is 5.11. The Balaban J connectivity index is 2.05. The van der Waals surface area contributed by atoms with E-state index in [1.165, 1.54) is 23.3 Å². The molecule has 0 atom stereocenters. The molecular weight excluding hydrogens is 176 g/mol. The number of pyridine rings is 1. The van der Waals surface area contributed by atoms with Gasteiger partial charge in [0.2, 0.25) is 0 Å². The summed E-state index contributed by atoms with van der Waals surface area (Å²) >= 11 is 0. The summed E-state index contributed by atoms with van der Waals surface area (Å²) in [5.74, 6) is 0.627. The van der Waals surface area contributed by atoms with Crippen molar-refractivity contribution in [2.24, 2.45) is 0 Å². The maximum atomic E-state index is 10.9. The second kappa shape index (κ2) is 3.96. The van der Waals surface area contributed by atoms with Crippen LogP contribution in [0.15, 0.2) is 24.5 Å². The minimum absolute atomic E-state index is 0.627. The molecule has 0 spiro atoms. The summed E-state index contributed by atoms with van der Waals surface area (Å²) < 4.78 is 0.839. The van der Waals surface area contributed by atoms with Gasteiger partial charge in [0.05, 0.1) is 13.1 Å². The third kappa shape index (κ3) is 2.04. The van der Waals surface area contributed by atoms with Gasteiger partial charge in [0, 0.05) is 25.0 Å². The Kier molecular flexibility index (Phi) is 2.68. The van der Waals surface area contributed by atoms with Gasteiger partial charge in [0.1, 0.15) is 0 Å². The minimum atomic E-state index is 0.627. The van der Waals surface area contributed by atoms with E-state index in [1.807, 2.05) is 12.1 Å². The average molecular weight is 192 g/mol. The number of likely N-dealkylation sites (tertiary alicyclic amines) is 1. The molecule has 0 aliphatic carbocycles. The van der Waals surface area contributed by atoms with Crippen molar-refractivity contribution in [2.75, 3.05) is 13.1 Å². The molecule has 2 heterocycles. The van der Waals surface area contributed by atoms with E-state index in [-0.39, 0.29) is 0 Å². The lowest BCUT2D eigenvalue weighted by Crippen LogP contribution is -3.07. The lowest BCUT2D eigenvalue weighted by molar-refractivity contribution is -0.859. The second-order valence-corrected chi connectivity index (χ2v) is 4.02. The number of hydrogen-bond acceptors (Lipinski definition) is 1. The molecule has 1 N–H and O–H groups in total. The van der Waals surface area contributed by atoms with Gasteiger partial charge < -0.3 is 10.1 Å². The maximum Gasteiger partial charge on any atom is 0.180 e. The summed E-state index contributed by atoms with van der Waals surface area (Å²) in [7, 11) is 4.00. The van der Waals surface area contributed by atoms with E-state index in [9.17, 15) is 5.21 Å². The summed E-state index contributed by atoms with van der Waals surface area (Å²) in [6, 6.07) is 3.87. The number of piperidine rings is 1. The van der Waals surface area contributed by atoms with Crippen LogP contribution in [0, 0.1) is 12.3 Å². The van der Waals surface area contributed by atoms with Gasteiger partial charge in [-0.05, 0) is 11.5 Å². The fraction of sp³-hybridized carbons (Fsp3) is 0.455. The highest BCUT2D eigenvalue weighted by Gasteiger charge is 2.18. The Morgan fingerprint density at radius 1 is 1.29 bits per heavy atom. The monoisotopic (exact) mass is 192 g/mol. The molecule has 0 bridgehead atoms. The zero-order valence-corrected chi connectivity index (χ0v) is 8.28. The Labute approximate surface area is 84.6 Å². The van der Waals surface area contributed by atoms with Crippen molar-refractivity contribution in [3.8, 4) is 0 Å². The van der Waals surface area contributed by atoms with Crippen LogP contribution in [0.1, 0.15) is 24.3 Å². The molecule has 1 saturated heterocycles. The van der Waals surface area contributed by atoms with Gasteiger partial charge in [-0.1, -0.05) is 0 Å². The number of nitrogens with one attached hydrogen (secondary N) is 1. The molecule has 0 amide bonds. The molecule has 0 aromatic carbocycles. The van der Waals surface area contributed by atoms with Gasteiger partial charge in [-0.2, -0.15) is 11.8 Å². The number of hydrogen-bond donors (Lipinski definition) is 1. The average Bonchev–Trinajstić information content (AvgIpc) is 2.21. The molecule has 76 valence electrons. The van der Waals surface area contributed by atoms with Crippen molar-refractivity contribution < 1.29 is 9.63 Å². The largest absolute Gasteiger partial charge is 0.619 e. The predicted molar refractivity (Wildman–Crippen MR) is 53.4 cm³/mol. The van der Waals surface area contributed by atoms with Gasteiger partial charge in [0.25, 0.3) is 0 Å². The van der Waals surface area contributed by atoms with Crippen LogP contribution >= 0.6 is 0 Å². The molecule has 3 heteroatoms. The zero-order chi connectivity index (χ0) is 9.97. The van der Waals surface area contributed by atoms with Gasteiger partial charge in [-0.25, -0.2) is 0 Å². The van der Waals surface area contributed by atoms with Crippen LogP contribution in [0.25, 0.3) is 0 Å². The fourth-order valence-corrected chi connectivity index (χ4v) is 2.06. The molecule has 1 aliphatic heterocycles. The highest BCUT2D eigenvalue weighted by molar-refractivity contribution is 5.14. The van der Waals surface area contributed by atoms with Crippen LogP contribution in [-0.2, 0) is 0 Å². The molecule has 1 aliphatic rings. The van der Waals surface area contributed by atoms with Crippen molar-refractivity contribution in [3.05, 3.63) is 42.3 Å². The van der Waals surface area contributed by atoms with E-state index < -0.39 is 0 Å². The highest BCUT2D eigenvalue weighted by atomic mass is 16.5. The van der Waals surface area contributed by atoms with Crippen molar-refractivity contribution in [2.45, 2.75) is 18.8 Å². The number of nitrogens with zero attached hydrogens (tertiary/aromatic N) is 1. The lowest BCUT2D eigenvalue weighted by atomic mass is 9.90. The van der Waals surface area contributed by atoms with Crippen LogP contribution in [-0.4, -0.2) is 13.1 Å². The maximum absolute atomic E-state index is 10.9. The number of rotatable bonds is 1. The Morgan fingerprint density at radius 2 is 1.86 bits per heavy atom. The molecular formula is C11H16N2O. The number of quaternary nitrogens is 1. The van der Waals surface area contributed by atoms with Gasteiger partial charge in [-0.3, -0.25) is 0 Å². The Bertz CT molecular complexity index is 289. The van der Waals surface area contributed by atoms with Crippen LogP contribution in [0.2, 0.25) is 0 Å². The summed E-state index contributed by atoms with van der Waals surface area (Å²) in [6.07, 6.45) is 5.53. The van der Waals surface area contributed by atoms with E-state index >= 15 is 0 Å². The number of aromatic nitrogens is 1. The Morgan fingerprint density at radius 3 is 2.43 bits per heavy atom. The normalized spacial score (nSPS) is 27.5. The molecule has 3 nitrogen and oxygen atoms in total. The van der Waals surface area contributed by atoms with Crippen molar-refractivity contribution in [3.63, 3.8) is 0 Å². The van der Waals surface area contributed by atoms with Crippen molar-refractivity contribution >= 4 is 0 Å². The van der Waals surface area contributed by atoms with E-state index in [4.69, 9.17) is 0 Å². The van der Waals surface area contributed by atoms with E-state index in [1.54, 1.807) is 12.4 Å². The summed E-state index contributed by atoms with van der Waals surface area (Å²) in [5.41, 5.74) is 1.30. The first-order valence-electron chi connectivity index (χ1n) is 5.11.